The van der Waals surface area contributed by atoms with Crippen molar-refractivity contribution in [3.05, 3.63) is 39.2 Å². The number of carbonyl (C=O) groups is 4. The van der Waals surface area contributed by atoms with Crippen LogP contribution in [0.5, 0.6) is 0 Å². The van der Waals surface area contributed by atoms with Crippen LogP contribution in [0.4, 0.5) is 0 Å². The van der Waals surface area contributed by atoms with E-state index in [2.05, 4.69) is 10.6 Å². The molecule has 2 aromatic rings. The fourth-order valence-corrected chi connectivity index (χ4v) is 5.29. The van der Waals surface area contributed by atoms with Gasteiger partial charge in [0.05, 0.1) is 27.1 Å². The number of hydrogen-bond donors (Lipinski definition) is 3. The first-order valence-corrected chi connectivity index (χ1v) is 12.9. The van der Waals surface area contributed by atoms with Gasteiger partial charge in [-0.1, -0.05) is 30.1 Å². The van der Waals surface area contributed by atoms with Gasteiger partial charge in [-0.25, -0.2) is 0 Å². The van der Waals surface area contributed by atoms with Crippen molar-refractivity contribution in [3.8, 4) is 0 Å². The molecule has 3 rings (SSSR count). The summed E-state index contributed by atoms with van der Waals surface area (Å²) in [6.07, 6.45) is 4.09. The topological polar surface area (TPSA) is 116 Å². The van der Waals surface area contributed by atoms with Gasteiger partial charge in [0.2, 0.25) is 17.7 Å². The molecular weight excluding hydrogens is 513 g/mol. The predicted molar refractivity (Wildman–Crippen MR) is 138 cm³/mol. The van der Waals surface area contributed by atoms with E-state index in [-0.39, 0.29) is 37.2 Å². The van der Waals surface area contributed by atoms with Gasteiger partial charge >= 0.3 is 5.97 Å². The molecule has 1 aromatic heterocycles. The number of aliphatic carboxylic acids is 1. The standard InChI is InChI=1S/C24H27Cl2N3O5S/c1-2-18(30)27-13-16(12-20(32)33)24(34)28-17-5-8-29(9-6-17)19(31)4-3-14-11-15-7-10-35-23(15)22(26)21(14)25/h3-4,7,10-11,16-17H,2,5-6,8-9,12-13H2,1H3,(H,27,30)(H,28,34)(H,32,33)/b4-3+. The summed E-state index contributed by atoms with van der Waals surface area (Å²) in [5, 5.41) is 18.3. The molecule has 11 heteroatoms. The van der Waals surface area contributed by atoms with Gasteiger partial charge in [-0.15, -0.1) is 11.3 Å². The molecule has 188 valence electrons. The van der Waals surface area contributed by atoms with Gasteiger partial charge in [0.25, 0.3) is 0 Å². The van der Waals surface area contributed by atoms with E-state index in [0.29, 0.717) is 41.5 Å². The number of rotatable bonds is 9. The minimum atomic E-state index is -1.11. The van der Waals surface area contributed by atoms with Gasteiger partial charge in [0.15, 0.2) is 0 Å². The summed E-state index contributed by atoms with van der Waals surface area (Å²) in [5.41, 5.74) is 0.665. The van der Waals surface area contributed by atoms with Crippen molar-refractivity contribution in [2.24, 2.45) is 5.92 Å². The molecule has 8 nitrogen and oxygen atoms in total. The number of nitrogens with zero attached hydrogens (tertiary/aromatic N) is 1. The molecule has 1 aliphatic rings. The zero-order valence-electron chi connectivity index (χ0n) is 19.2. The van der Waals surface area contributed by atoms with Crippen molar-refractivity contribution in [2.45, 2.75) is 38.6 Å². The maximum Gasteiger partial charge on any atom is 0.304 e. The fourth-order valence-electron chi connectivity index (χ4n) is 3.85. The molecule has 0 saturated carbocycles. The SMILES string of the molecule is CCC(=O)NCC(CC(=O)O)C(=O)NC1CCN(C(=O)/C=C/c2cc3ccsc3c(Cl)c2Cl)CC1. The summed E-state index contributed by atoms with van der Waals surface area (Å²) in [4.78, 5) is 49.6. The second-order valence-corrected chi connectivity index (χ2v) is 10.00. The van der Waals surface area contributed by atoms with Crippen molar-refractivity contribution in [1.82, 2.24) is 15.5 Å². The van der Waals surface area contributed by atoms with Crippen molar-refractivity contribution in [3.63, 3.8) is 0 Å². The minimum absolute atomic E-state index is 0.0311. The maximum atomic E-state index is 12.7. The zero-order valence-corrected chi connectivity index (χ0v) is 21.5. The predicted octanol–water partition coefficient (Wildman–Crippen LogP) is 3.95. The number of hydrogen-bond acceptors (Lipinski definition) is 5. The molecule has 2 heterocycles. The van der Waals surface area contributed by atoms with Gasteiger partial charge in [-0.05, 0) is 47.4 Å². The van der Waals surface area contributed by atoms with Crippen LogP contribution in [-0.4, -0.2) is 59.4 Å². The number of nitrogens with one attached hydrogen (secondary N) is 2. The minimum Gasteiger partial charge on any atom is -0.481 e. The van der Waals surface area contributed by atoms with Crippen LogP contribution in [0, 0.1) is 5.92 Å². The van der Waals surface area contributed by atoms with Crippen LogP contribution in [0.3, 0.4) is 0 Å². The average Bonchev–Trinajstić information content (AvgIpc) is 3.31. The number of likely N-dealkylation sites (tertiary alicyclic amines) is 1. The Labute approximate surface area is 217 Å². The third kappa shape index (κ3) is 7.19. The molecular formula is C24H27Cl2N3O5S. The molecule has 1 atom stereocenters. The highest BCUT2D eigenvalue weighted by atomic mass is 35.5. The van der Waals surface area contributed by atoms with E-state index < -0.39 is 17.8 Å². The Morgan fingerprint density at radius 3 is 2.60 bits per heavy atom. The van der Waals surface area contributed by atoms with Crippen LogP contribution < -0.4 is 10.6 Å². The summed E-state index contributed by atoms with van der Waals surface area (Å²) in [6.45, 7) is 2.54. The molecule has 35 heavy (non-hydrogen) atoms. The van der Waals surface area contributed by atoms with Crippen molar-refractivity contribution in [2.75, 3.05) is 19.6 Å². The van der Waals surface area contributed by atoms with E-state index >= 15 is 0 Å². The van der Waals surface area contributed by atoms with Crippen molar-refractivity contribution >= 4 is 74.4 Å². The lowest BCUT2D eigenvalue weighted by atomic mass is 10.0. The second-order valence-electron chi connectivity index (χ2n) is 8.33. The van der Waals surface area contributed by atoms with E-state index in [4.69, 9.17) is 28.3 Å². The molecule has 1 fully saturated rings. The first-order chi connectivity index (χ1) is 16.7. The Hall–Kier alpha value is -2.62. The Morgan fingerprint density at radius 1 is 1.23 bits per heavy atom. The van der Waals surface area contributed by atoms with Gasteiger partial charge < -0.3 is 20.6 Å². The van der Waals surface area contributed by atoms with Crippen LogP contribution >= 0.6 is 34.5 Å². The van der Waals surface area contributed by atoms with Crippen molar-refractivity contribution in [1.29, 1.82) is 0 Å². The highest BCUT2D eigenvalue weighted by Crippen LogP contribution is 2.37. The monoisotopic (exact) mass is 539 g/mol. The second kappa shape index (κ2) is 12.4. The summed E-state index contributed by atoms with van der Waals surface area (Å²) in [5.74, 6) is -2.79. The maximum absolute atomic E-state index is 12.7. The molecule has 0 radical (unpaired) electrons. The number of carbonyl (C=O) groups excluding carboxylic acids is 3. The molecule has 1 unspecified atom stereocenters. The number of benzene rings is 1. The summed E-state index contributed by atoms with van der Waals surface area (Å²) >= 11 is 14.2. The highest BCUT2D eigenvalue weighted by molar-refractivity contribution is 7.18. The van der Waals surface area contributed by atoms with Crippen LogP contribution in [-0.2, 0) is 19.2 Å². The summed E-state index contributed by atoms with van der Waals surface area (Å²) in [7, 11) is 0. The van der Waals surface area contributed by atoms with Crippen LogP contribution in [0.25, 0.3) is 16.2 Å². The number of fused-ring (bicyclic) bond motifs is 1. The lowest BCUT2D eigenvalue weighted by Gasteiger charge is -2.32. The molecule has 3 N–H and O–H groups in total. The molecule has 0 spiro atoms. The number of thiophene rings is 1. The molecule has 0 bridgehead atoms. The van der Waals surface area contributed by atoms with E-state index in [9.17, 15) is 19.2 Å². The smallest absolute Gasteiger partial charge is 0.304 e. The van der Waals surface area contributed by atoms with Gasteiger partial charge in [-0.3, -0.25) is 19.2 Å². The van der Waals surface area contributed by atoms with Crippen LogP contribution in [0.15, 0.2) is 23.6 Å². The van der Waals surface area contributed by atoms with Crippen LogP contribution in [0.1, 0.15) is 38.2 Å². The third-order valence-electron chi connectivity index (χ3n) is 5.87. The first-order valence-electron chi connectivity index (χ1n) is 11.3. The van der Waals surface area contributed by atoms with Gasteiger partial charge in [0.1, 0.15) is 0 Å². The number of halogens is 2. The molecule has 1 aliphatic heterocycles. The largest absolute Gasteiger partial charge is 0.481 e. The van der Waals surface area contributed by atoms with E-state index in [1.54, 1.807) is 17.9 Å². The fraction of sp³-hybridized carbons (Fsp3) is 0.417. The lowest BCUT2D eigenvalue weighted by Crippen LogP contribution is -2.49. The zero-order chi connectivity index (χ0) is 25.5. The Balaban J connectivity index is 1.53. The van der Waals surface area contributed by atoms with Gasteiger partial charge in [-0.2, -0.15) is 0 Å². The number of amides is 3. The molecule has 0 aliphatic carbocycles. The molecule has 1 saturated heterocycles. The number of carboxylic acids is 1. The van der Waals surface area contributed by atoms with Crippen LogP contribution in [0.2, 0.25) is 10.0 Å². The Morgan fingerprint density at radius 2 is 1.94 bits per heavy atom. The third-order valence-corrected chi connectivity index (χ3v) is 7.81. The molecule has 1 aromatic carbocycles. The highest BCUT2D eigenvalue weighted by Gasteiger charge is 2.27. The van der Waals surface area contributed by atoms with E-state index in [0.717, 1.165) is 10.1 Å². The number of carboxylic acid groups (broad SMARTS) is 1. The van der Waals surface area contributed by atoms with E-state index in [1.165, 1.54) is 17.4 Å². The quantitative estimate of drug-likeness (QED) is 0.417. The van der Waals surface area contributed by atoms with Gasteiger partial charge in [0, 0.05) is 38.2 Å². The summed E-state index contributed by atoms with van der Waals surface area (Å²) in [6, 6.07) is 3.66. The van der Waals surface area contributed by atoms with Crippen molar-refractivity contribution < 1.29 is 24.3 Å². The normalized spacial score (nSPS) is 15.3. The Kier molecular flexibility index (Phi) is 9.54. The average molecular weight is 540 g/mol. The lowest BCUT2D eigenvalue weighted by molar-refractivity contribution is -0.141. The first kappa shape index (κ1) is 27.0. The summed E-state index contributed by atoms with van der Waals surface area (Å²) < 4.78 is 0.905. The number of piperidine rings is 1. The Bertz CT molecular complexity index is 1140. The molecule has 3 amide bonds. The van der Waals surface area contributed by atoms with E-state index in [1.807, 2.05) is 17.5 Å².